The zero-order valence-corrected chi connectivity index (χ0v) is 13.4. The van der Waals surface area contributed by atoms with Gasteiger partial charge in [-0.1, -0.05) is 31.7 Å². The van der Waals surface area contributed by atoms with Crippen molar-refractivity contribution < 1.29 is 0 Å². The Morgan fingerprint density at radius 1 is 1.20 bits per heavy atom. The molecule has 0 saturated heterocycles. The lowest BCUT2D eigenvalue weighted by Crippen LogP contribution is -2.32. The summed E-state index contributed by atoms with van der Waals surface area (Å²) in [7, 11) is 0. The van der Waals surface area contributed by atoms with Crippen molar-refractivity contribution in [2.45, 2.75) is 46.0 Å². The highest BCUT2D eigenvalue weighted by atomic mass is 32.2. The molecular weight excluding hydrogens is 264 g/mol. The highest BCUT2D eigenvalue weighted by Gasteiger charge is 2.30. The van der Waals surface area contributed by atoms with E-state index in [0.29, 0.717) is 5.41 Å². The van der Waals surface area contributed by atoms with Crippen LogP contribution in [-0.2, 0) is 12.8 Å². The van der Waals surface area contributed by atoms with Crippen LogP contribution in [0.3, 0.4) is 0 Å². The molecule has 1 aliphatic heterocycles. The first-order valence-electron chi connectivity index (χ1n) is 7.81. The van der Waals surface area contributed by atoms with Crippen molar-refractivity contribution in [3.05, 3.63) is 29.3 Å². The van der Waals surface area contributed by atoms with E-state index in [9.17, 15) is 0 Å². The van der Waals surface area contributed by atoms with Crippen molar-refractivity contribution in [2.75, 3.05) is 17.6 Å². The van der Waals surface area contributed by atoms with Crippen molar-refractivity contribution >= 4 is 22.6 Å². The van der Waals surface area contributed by atoms with Gasteiger partial charge >= 0.3 is 0 Å². The van der Waals surface area contributed by atoms with E-state index in [2.05, 4.69) is 37.4 Å². The van der Waals surface area contributed by atoms with Crippen LogP contribution < -0.4 is 5.32 Å². The molecule has 2 aliphatic rings. The van der Waals surface area contributed by atoms with E-state index in [0.717, 1.165) is 11.7 Å². The van der Waals surface area contributed by atoms with Crippen LogP contribution in [0.15, 0.2) is 23.2 Å². The van der Waals surface area contributed by atoms with Crippen molar-refractivity contribution in [3.63, 3.8) is 0 Å². The minimum atomic E-state index is 0.424. The summed E-state index contributed by atoms with van der Waals surface area (Å²) in [6.07, 6.45) is 6.25. The molecule has 0 radical (unpaired) electrons. The zero-order chi connectivity index (χ0) is 14.0. The highest BCUT2D eigenvalue weighted by molar-refractivity contribution is 8.14. The van der Waals surface area contributed by atoms with E-state index in [1.807, 2.05) is 11.8 Å². The van der Waals surface area contributed by atoms with Crippen LogP contribution in [0.1, 0.15) is 44.2 Å². The smallest absolute Gasteiger partial charge is 0.161 e. The fourth-order valence-corrected chi connectivity index (χ4v) is 4.37. The maximum Gasteiger partial charge on any atom is 0.161 e. The number of aryl methyl sites for hydroxylation is 2. The summed E-state index contributed by atoms with van der Waals surface area (Å²) in [5.74, 6) is 1.19. The Hall–Kier alpha value is -0.960. The topological polar surface area (TPSA) is 24.4 Å². The number of hydrogen-bond donors (Lipinski definition) is 1. The van der Waals surface area contributed by atoms with Crippen molar-refractivity contribution in [3.8, 4) is 0 Å². The molecule has 1 N–H and O–H groups in total. The highest BCUT2D eigenvalue weighted by Crippen LogP contribution is 2.35. The third-order valence-electron chi connectivity index (χ3n) is 4.92. The Kier molecular flexibility index (Phi) is 4.06. The molecule has 0 amide bonds. The molecule has 3 rings (SSSR count). The lowest BCUT2D eigenvalue weighted by atomic mass is 9.84. The molecule has 0 atom stereocenters. The van der Waals surface area contributed by atoms with Crippen LogP contribution in [0.25, 0.3) is 0 Å². The summed E-state index contributed by atoms with van der Waals surface area (Å²) in [5.41, 5.74) is 4.68. The number of nitrogens with zero attached hydrogens (tertiary/aromatic N) is 1. The van der Waals surface area contributed by atoms with Gasteiger partial charge in [0.25, 0.3) is 0 Å². The van der Waals surface area contributed by atoms with Crippen LogP contribution in [-0.4, -0.2) is 17.5 Å². The number of benzene rings is 1. The minimum absolute atomic E-state index is 0.424. The average molecular weight is 288 g/mol. The first-order valence-corrected chi connectivity index (χ1v) is 8.79. The zero-order valence-electron chi connectivity index (χ0n) is 12.5. The Labute approximate surface area is 126 Å². The molecule has 0 aromatic heterocycles. The van der Waals surface area contributed by atoms with Crippen LogP contribution in [0, 0.1) is 5.41 Å². The predicted octanol–water partition coefficient (Wildman–Crippen LogP) is 4.50. The Morgan fingerprint density at radius 3 is 2.70 bits per heavy atom. The molecule has 0 spiro atoms. The number of anilines is 1. The number of nitrogens with one attached hydrogen (secondary N) is 1. The van der Waals surface area contributed by atoms with Crippen LogP contribution in [0.2, 0.25) is 0 Å². The Morgan fingerprint density at radius 2 is 2.00 bits per heavy atom. The number of fused-ring (bicyclic) bond motifs is 1. The van der Waals surface area contributed by atoms with Crippen LogP contribution >= 0.6 is 11.8 Å². The van der Waals surface area contributed by atoms with Gasteiger partial charge in [-0.25, -0.2) is 0 Å². The quantitative estimate of drug-likeness (QED) is 0.886. The largest absolute Gasteiger partial charge is 0.335 e. The third kappa shape index (κ3) is 2.73. The molecule has 2 nitrogen and oxygen atoms in total. The molecule has 1 aliphatic carbocycles. The maximum absolute atomic E-state index is 4.78. The SMILES string of the molecule is CCC1(CC)CN=C(Nc2ccc3c(c2)CCC3)SC1. The summed E-state index contributed by atoms with van der Waals surface area (Å²) < 4.78 is 0. The van der Waals surface area contributed by atoms with E-state index in [-0.39, 0.29) is 0 Å². The maximum atomic E-state index is 4.78. The summed E-state index contributed by atoms with van der Waals surface area (Å²) in [6, 6.07) is 6.79. The van der Waals surface area contributed by atoms with Gasteiger partial charge in [-0.05, 0) is 60.8 Å². The fraction of sp³-hybridized carbons (Fsp3) is 0.588. The summed E-state index contributed by atoms with van der Waals surface area (Å²) >= 11 is 1.89. The minimum Gasteiger partial charge on any atom is -0.335 e. The first kappa shape index (κ1) is 14.0. The van der Waals surface area contributed by atoms with E-state index in [1.165, 1.54) is 54.7 Å². The van der Waals surface area contributed by atoms with Gasteiger partial charge in [0.05, 0.1) is 0 Å². The van der Waals surface area contributed by atoms with Gasteiger partial charge in [-0.15, -0.1) is 0 Å². The van der Waals surface area contributed by atoms with Gasteiger partial charge in [0, 0.05) is 18.0 Å². The summed E-state index contributed by atoms with van der Waals surface area (Å²) in [5, 5.41) is 4.61. The number of amidine groups is 1. The molecule has 108 valence electrons. The first-order chi connectivity index (χ1) is 9.74. The number of rotatable bonds is 3. The summed E-state index contributed by atoms with van der Waals surface area (Å²) in [4.78, 5) is 4.78. The van der Waals surface area contributed by atoms with Crippen LogP contribution in [0.5, 0.6) is 0 Å². The van der Waals surface area contributed by atoms with Gasteiger partial charge < -0.3 is 5.32 Å². The number of aliphatic imine (C=N–C) groups is 1. The lowest BCUT2D eigenvalue weighted by Gasteiger charge is -2.33. The average Bonchev–Trinajstić information content (AvgIpc) is 2.96. The molecule has 1 aromatic carbocycles. The second-order valence-corrected chi connectivity index (χ2v) is 7.04. The van der Waals surface area contributed by atoms with Crippen molar-refractivity contribution in [1.29, 1.82) is 0 Å². The van der Waals surface area contributed by atoms with Gasteiger partial charge in [0.1, 0.15) is 0 Å². The van der Waals surface area contributed by atoms with Crippen molar-refractivity contribution in [2.24, 2.45) is 10.4 Å². The molecule has 1 heterocycles. The number of hydrogen-bond acceptors (Lipinski definition) is 3. The van der Waals surface area contributed by atoms with E-state index >= 15 is 0 Å². The second kappa shape index (κ2) is 5.80. The van der Waals surface area contributed by atoms with E-state index in [4.69, 9.17) is 4.99 Å². The number of thioether (sulfide) groups is 1. The van der Waals surface area contributed by atoms with Gasteiger partial charge in [0.15, 0.2) is 5.17 Å². The van der Waals surface area contributed by atoms with Gasteiger partial charge in [-0.3, -0.25) is 4.99 Å². The molecule has 0 bridgehead atoms. The monoisotopic (exact) mass is 288 g/mol. The second-order valence-electron chi connectivity index (χ2n) is 6.08. The van der Waals surface area contributed by atoms with Crippen molar-refractivity contribution in [1.82, 2.24) is 0 Å². The van der Waals surface area contributed by atoms with E-state index in [1.54, 1.807) is 0 Å². The summed E-state index contributed by atoms with van der Waals surface area (Å²) in [6.45, 7) is 5.55. The standard InChI is InChI=1S/C17H24N2S/c1-3-17(4-2)11-18-16(20-12-17)19-15-9-8-13-6-5-7-14(13)10-15/h8-10H,3-7,11-12H2,1-2H3,(H,18,19). The third-order valence-corrected chi connectivity index (χ3v) is 6.18. The molecule has 1 aromatic rings. The molecule has 0 fully saturated rings. The lowest BCUT2D eigenvalue weighted by molar-refractivity contribution is 0.318. The Bertz CT molecular complexity index is 518. The predicted molar refractivity (Wildman–Crippen MR) is 89.9 cm³/mol. The van der Waals surface area contributed by atoms with Gasteiger partial charge in [0.2, 0.25) is 0 Å². The van der Waals surface area contributed by atoms with Gasteiger partial charge in [-0.2, -0.15) is 0 Å². The normalized spacial score (nSPS) is 20.4. The molecule has 3 heteroatoms. The Balaban J connectivity index is 1.68. The van der Waals surface area contributed by atoms with Crippen LogP contribution in [0.4, 0.5) is 5.69 Å². The van der Waals surface area contributed by atoms with E-state index < -0.39 is 0 Å². The molecule has 0 unspecified atom stereocenters. The molecule has 20 heavy (non-hydrogen) atoms. The fourth-order valence-electron chi connectivity index (χ4n) is 3.08. The molecule has 0 saturated carbocycles. The molecular formula is C17H24N2S.